The van der Waals surface area contributed by atoms with Crippen LogP contribution in [0.5, 0.6) is 17.2 Å². The maximum absolute atomic E-state index is 12.4. The molecule has 37 heavy (non-hydrogen) atoms. The molecule has 198 valence electrons. The number of carbonyl (C=O) groups excluding carboxylic acids is 1. The Morgan fingerprint density at radius 1 is 1.00 bits per heavy atom. The van der Waals surface area contributed by atoms with E-state index >= 15 is 0 Å². The lowest BCUT2D eigenvalue weighted by molar-refractivity contribution is 0.0133. The molecule has 1 fully saturated rings. The Balaban J connectivity index is 1.28. The topological polar surface area (TPSA) is 78.8 Å². The van der Waals surface area contributed by atoms with Crippen LogP contribution in [0.4, 0.5) is 4.79 Å². The number of ether oxygens (including phenoxy) is 5. The van der Waals surface area contributed by atoms with Gasteiger partial charge in [-0.1, -0.05) is 30.3 Å². The number of methoxy groups -OCH3 is 3. The number of dihydropyridines is 1. The van der Waals surface area contributed by atoms with Crippen molar-refractivity contribution in [2.75, 3.05) is 41.0 Å². The minimum atomic E-state index is -0.480. The highest BCUT2D eigenvalue weighted by Crippen LogP contribution is 2.44. The average Bonchev–Trinajstić information content (AvgIpc) is 2.94. The fourth-order valence-electron chi connectivity index (χ4n) is 4.76. The Morgan fingerprint density at radius 2 is 1.68 bits per heavy atom. The molecular weight excluding hydrogens is 472 g/mol. The maximum atomic E-state index is 12.4. The Hall–Kier alpha value is -3.52. The van der Waals surface area contributed by atoms with Crippen molar-refractivity contribution in [1.29, 1.82) is 0 Å². The molecule has 1 saturated heterocycles. The van der Waals surface area contributed by atoms with Gasteiger partial charge in [-0.05, 0) is 54.7 Å². The molecule has 2 aliphatic rings. The molecular formula is C29H36N2O6. The lowest BCUT2D eigenvalue weighted by atomic mass is 9.84. The molecule has 2 aromatic rings. The molecule has 2 heterocycles. The highest BCUT2D eigenvalue weighted by Gasteiger charge is 2.32. The summed E-state index contributed by atoms with van der Waals surface area (Å²) in [5, 5.41) is 0. The second kappa shape index (κ2) is 12.1. The van der Waals surface area contributed by atoms with Crippen molar-refractivity contribution in [2.24, 2.45) is 4.99 Å². The normalized spacial score (nSPS) is 19.8. The molecule has 1 amide bonds. The number of allylic oxidation sites excluding steroid dienone is 1. The molecule has 0 radical (unpaired) electrons. The van der Waals surface area contributed by atoms with Gasteiger partial charge >= 0.3 is 6.09 Å². The van der Waals surface area contributed by atoms with E-state index in [1.807, 2.05) is 54.8 Å². The third kappa shape index (κ3) is 6.43. The van der Waals surface area contributed by atoms with Crippen LogP contribution >= 0.6 is 0 Å². The number of amides is 1. The minimum Gasteiger partial charge on any atom is -0.493 e. The fourth-order valence-corrected chi connectivity index (χ4v) is 4.76. The Labute approximate surface area is 218 Å². The summed E-state index contributed by atoms with van der Waals surface area (Å²) in [7, 11) is 4.82. The largest absolute Gasteiger partial charge is 0.493 e. The smallest absolute Gasteiger partial charge is 0.410 e. The number of benzene rings is 2. The van der Waals surface area contributed by atoms with Gasteiger partial charge in [0, 0.05) is 25.7 Å². The van der Waals surface area contributed by atoms with E-state index in [4.69, 9.17) is 28.7 Å². The van der Waals surface area contributed by atoms with Crippen molar-refractivity contribution in [3.63, 3.8) is 0 Å². The summed E-state index contributed by atoms with van der Waals surface area (Å²) in [6.07, 6.45) is 5.98. The van der Waals surface area contributed by atoms with Gasteiger partial charge in [-0.25, -0.2) is 4.79 Å². The van der Waals surface area contributed by atoms with Gasteiger partial charge in [-0.15, -0.1) is 0 Å². The number of rotatable bonds is 9. The monoisotopic (exact) mass is 508 g/mol. The van der Waals surface area contributed by atoms with Crippen molar-refractivity contribution in [2.45, 2.75) is 44.4 Å². The van der Waals surface area contributed by atoms with E-state index in [0.717, 1.165) is 29.5 Å². The predicted octanol–water partition coefficient (Wildman–Crippen LogP) is 5.15. The van der Waals surface area contributed by atoms with Gasteiger partial charge < -0.3 is 28.6 Å². The van der Waals surface area contributed by atoms with E-state index in [-0.39, 0.29) is 18.8 Å². The van der Waals surface area contributed by atoms with Crippen LogP contribution in [-0.2, 0) is 21.6 Å². The minimum absolute atomic E-state index is 0.102. The predicted molar refractivity (Wildman–Crippen MR) is 142 cm³/mol. The summed E-state index contributed by atoms with van der Waals surface area (Å²) in [6, 6.07) is 13.6. The van der Waals surface area contributed by atoms with Crippen molar-refractivity contribution in [3.8, 4) is 17.2 Å². The second-order valence-electron chi connectivity index (χ2n) is 9.51. The first-order chi connectivity index (χ1) is 18.0. The van der Waals surface area contributed by atoms with Gasteiger partial charge in [0.2, 0.25) is 5.75 Å². The van der Waals surface area contributed by atoms with Crippen LogP contribution in [0, 0.1) is 0 Å². The van der Waals surface area contributed by atoms with Crippen LogP contribution in [0.3, 0.4) is 0 Å². The number of piperidine rings is 1. The quantitative estimate of drug-likeness (QED) is 0.466. The van der Waals surface area contributed by atoms with Crippen LogP contribution in [-0.4, -0.2) is 64.3 Å². The van der Waals surface area contributed by atoms with E-state index in [1.54, 1.807) is 26.2 Å². The van der Waals surface area contributed by atoms with E-state index in [2.05, 4.69) is 6.92 Å². The highest BCUT2D eigenvalue weighted by molar-refractivity contribution is 5.74. The third-order valence-electron chi connectivity index (χ3n) is 6.94. The zero-order chi connectivity index (χ0) is 26.3. The zero-order valence-electron chi connectivity index (χ0n) is 22.1. The lowest BCUT2D eigenvalue weighted by Crippen LogP contribution is -2.41. The molecule has 1 atom stereocenters. The molecule has 0 aromatic heterocycles. The summed E-state index contributed by atoms with van der Waals surface area (Å²) >= 11 is 0. The molecule has 0 aliphatic carbocycles. The molecule has 0 bridgehead atoms. The molecule has 0 saturated carbocycles. The Bertz CT molecular complexity index is 1100. The van der Waals surface area contributed by atoms with E-state index < -0.39 is 5.54 Å². The first kappa shape index (κ1) is 26.5. The van der Waals surface area contributed by atoms with Crippen molar-refractivity contribution >= 4 is 12.3 Å². The summed E-state index contributed by atoms with van der Waals surface area (Å²) in [5.74, 6) is 1.77. The van der Waals surface area contributed by atoms with E-state index in [9.17, 15) is 4.79 Å². The lowest BCUT2D eigenvalue weighted by Gasteiger charge is -2.33. The van der Waals surface area contributed by atoms with Crippen LogP contribution in [0.2, 0.25) is 0 Å². The van der Waals surface area contributed by atoms with Gasteiger partial charge in [0.05, 0.1) is 39.6 Å². The van der Waals surface area contributed by atoms with Crippen LogP contribution in [0.25, 0.3) is 0 Å². The van der Waals surface area contributed by atoms with Gasteiger partial charge in [0.25, 0.3) is 0 Å². The van der Waals surface area contributed by atoms with Gasteiger partial charge in [0.1, 0.15) is 6.61 Å². The van der Waals surface area contributed by atoms with Crippen LogP contribution in [0.15, 0.2) is 59.1 Å². The van der Waals surface area contributed by atoms with Crippen molar-refractivity contribution in [3.05, 3.63) is 65.2 Å². The molecule has 8 heteroatoms. The SMILES string of the molecule is COc1cc(C2(C)CC(COC3CCN(C(=O)OCc4ccccc4)CC3)=CC=N2)cc(OC)c1OC. The molecule has 0 N–H and O–H groups in total. The Morgan fingerprint density at radius 3 is 2.30 bits per heavy atom. The fraction of sp³-hybridized carbons (Fsp3) is 0.448. The molecule has 4 rings (SSSR count). The molecule has 1 unspecified atom stereocenters. The summed E-state index contributed by atoms with van der Waals surface area (Å²) in [5.41, 5.74) is 2.64. The second-order valence-corrected chi connectivity index (χ2v) is 9.51. The van der Waals surface area contributed by atoms with E-state index in [0.29, 0.717) is 43.4 Å². The van der Waals surface area contributed by atoms with Gasteiger partial charge in [-0.2, -0.15) is 0 Å². The van der Waals surface area contributed by atoms with Gasteiger partial charge in [0.15, 0.2) is 11.5 Å². The molecule has 0 spiro atoms. The number of nitrogens with zero attached hydrogens (tertiary/aromatic N) is 2. The zero-order valence-corrected chi connectivity index (χ0v) is 22.1. The highest BCUT2D eigenvalue weighted by atomic mass is 16.6. The first-order valence-corrected chi connectivity index (χ1v) is 12.6. The summed E-state index contributed by atoms with van der Waals surface area (Å²) < 4.78 is 28.3. The van der Waals surface area contributed by atoms with Crippen LogP contribution < -0.4 is 14.2 Å². The molecule has 8 nitrogen and oxygen atoms in total. The molecule has 2 aromatic carbocycles. The average molecular weight is 509 g/mol. The number of hydrogen-bond acceptors (Lipinski definition) is 7. The standard InChI is InChI=1S/C29H36N2O6/c1-29(23-16-25(33-2)27(35-4)26(17-23)34-3)18-22(10-13-30-29)20-36-24-11-14-31(15-12-24)28(32)37-19-21-8-6-5-7-9-21/h5-10,13,16-17,24H,11-12,14-15,18-20H2,1-4H3. The Kier molecular flexibility index (Phi) is 8.71. The van der Waals surface area contributed by atoms with Gasteiger partial charge in [-0.3, -0.25) is 4.99 Å². The van der Waals surface area contributed by atoms with Crippen molar-refractivity contribution < 1.29 is 28.5 Å². The van der Waals surface area contributed by atoms with Crippen molar-refractivity contribution in [1.82, 2.24) is 4.90 Å². The summed E-state index contributed by atoms with van der Waals surface area (Å²) in [6.45, 7) is 4.16. The van der Waals surface area contributed by atoms with Crippen LogP contribution in [0.1, 0.15) is 37.3 Å². The summed E-state index contributed by atoms with van der Waals surface area (Å²) in [4.78, 5) is 19.0. The number of aliphatic imine (C=N–C) groups is 1. The number of likely N-dealkylation sites (tertiary alicyclic amines) is 1. The van der Waals surface area contributed by atoms with E-state index in [1.165, 1.54) is 0 Å². The third-order valence-corrected chi connectivity index (χ3v) is 6.94. The number of hydrogen-bond donors (Lipinski definition) is 0. The number of carbonyl (C=O) groups is 1. The molecule has 2 aliphatic heterocycles. The maximum Gasteiger partial charge on any atom is 0.410 e. The first-order valence-electron chi connectivity index (χ1n) is 12.6.